The van der Waals surface area contributed by atoms with Crippen LogP contribution < -0.4 is 14.8 Å². The van der Waals surface area contributed by atoms with Crippen molar-refractivity contribution in [2.24, 2.45) is 0 Å². The van der Waals surface area contributed by atoms with Gasteiger partial charge in [-0.3, -0.25) is 4.79 Å². The number of amides is 1. The van der Waals surface area contributed by atoms with Crippen LogP contribution in [-0.2, 0) is 6.42 Å². The highest BCUT2D eigenvalue weighted by Gasteiger charge is 2.31. The molecule has 0 bridgehead atoms. The van der Waals surface area contributed by atoms with Gasteiger partial charge in [-0.05, 0) is 30.3 Å². The second kappa shape index (κ2) is 8.25. The Balaban J connectivity index is 1.42. The molecule has 3 aromatic rings. The topological polar surface area (TPSA) is 47.6 Å². The predicted molar refractivity (Wildman–Crippen MR) is 99.6 cm³/mol. The minimum atomic E-state index is -2.32. The molecule has 3 aromatic carbocycles. The highest BCUT2D eigenvalue weighted by atomic mass is 19.2. The summed E-state index contributed by atoms with van der Waals surface area (Å²) in [5.41, 5.74) is -0.755. The van der Waals surface area contributed by atoms with E-state index in [0.29, 0.717) is 23.7 Å². The molecule has 31 heavy (non-hydrogen) atoms. The minimum absolute atomic E-state index is 0.206. The zero-order valence-corrected chi connectivity index (χ0v) is 15.7. The van der Waals surface area contributed by atoms with Crippen molar-refractivity contribution in [2.75, 3.05) is 6.54 Å². The Bertz CT molecular complexity index is 1120. The van der Waals surface area contributed by atoms with Gasteiger partial charge in [0.25, 0.3) is 5.91 Å². The molecule has 1 heterocycles. The molecule has 0 unspecified atom stereocenters. The van der Waals surface area contributed by atoms with Crippen LogP contribution in [0.1, 0.15) is 15.9 Å². The van der Waals surface area contributed by atoms with Crippen molar-refractivity contribution in [2.45, 2.75) is 12.5 Å². The summed E-state index contributed by atoms with van der Waals surface area (Å²) in [6.45, 7) is -0.206. The Morgan fingerprint density at radius 1 is 0.903 bits per heavy atom. The third kappa shape index (κ3) is 4.03. The lowest BCUT2D eigenvalue weighted by Crippen LogP contribution is -2.35. The maximum atomic E-state index is 13.8. The molecule has 1 N–H and O–H groups in total. The molecule has 0 saturated carbocycles. The number of carbonyl (C=O) groups is 1. The van der Waals surface area contributed by atoms with Crippen molar-refractivity contribution in [3.05, 3.63) is 88.7 Å². The van der Waals surface area contributed by atoms with E-state index in [2.05, 4.69) is 5.32 Å². The number of fused-ring (bicyclic) bond motifs is 1. The summed E-state index contributed by atoms with van der Waals surface area (Å²) in [4.78, 5) is 12.1. The number of hydrogen-bond donors (Lipinski definition) is 1. The van der Waals surface area contributed by atoms with Crippen molar-refractivity contribution in [3.8, 4) is 17.2 Å². The van der Waals surface area contributed by atoms with E-state index in [1.165, 1.54) is 0 Å². The molecule has 0 aliphatic carbocycles. The van der Waals surface area contributed by atoms with Crippen LogP contribution in [0.15, 0.2) is 48.5 Å². The molecule has 0 spiro atoms. The quantitative estimate of drug-likeness (QED) is 0.352. The lowest BCUT2D eigenvalue weighted by molar-refractivity contribution is 0.0921. The van der Waals surface area contributed by atoms with Gasteiger partial charge >= 0.3 is 0 Å². The first-order valence-electron chi connectivity index (χ1n) is 9.17. The smallest absolute Gasteiger partial charge is 0.257 e. The van der Waals surface area contributed by atoms with E-state index in [1.807, 2.05) is 18.2 Å². The highest BCUT2D eigenvalue weighted by molar-refractivity contribution is 5.94. The molecule has 0 fully saturated rings. The predicted octanol–water partition coefficient (Wildman–Crippen LogP) is 4.91. The molecular formula is C22H14F5NO3. The number of carbonyl (C=O) groups excluding carboxylic acids is 1. The van der Waals surface area contributed by atoms with Crippen molar-refractivity contribution < 1.29 is 36.2 Å². The first kappa shape index (κ1) is 20.6. The van der Waals surface area contributed by atoms with Crippen molar-refractivity contribution in [1.82, 2.24) is 5.32 Å². The van der Waals surface area contributed by atoms with E-state index < -0.39 is 46.7 Å². The van der Waals surface area contributed by atoms with Crippen LogP contribution in [0.25, 0.3) is 0 Å². The molecule has 9 heteroatoms. The van der Waals surface area contributed by atoms with Crippen molar-refractivity contribution in [3.63, 3.8) is 0 Å². The van der Waals surface area contributed by atoms with E-state index in [0.717, 1.165) is 5.56 Å². The van der Waals surface area contributed by atoms with Gasteiger partial charge in [0.15, 0.2) is 23.3 Å². The molecule has 0 saturated heterocycles. The SMILES string of the molecule is O=C(NC[C@H]1Cc2cc(Oc3ccccc3)ccc2O1)c1c(F)c(F)c(F)c(F)c1F. The molecule has 1 aliphatic rings. The average molecular weight is 435 g/mol. The monoisotopic (exact) mass is 435 g/mol. The van der Waals surface area contributed by atoms with Gasteiger partial charge in [-0.1, -0.05) is 18.2 Å². The van der Waals surface area contributed by atoms with E-state index in [-0.39, 0.29) is 6.54 Å². The summed E-state index contributed by atoms with van der Waals surface area (Å²) in [5.74, 6) is -10.7. The summed E-state index contributed by atoms with van der Waals surface area (Å²) in [5, 5.41) is 2.15. The Morgan fingerprint density at radius 2 is 1.55 bits per heavy atom. The zero-order valence-electron chi connectivity index (χ0n) is 15.7. The number of rotatable bonds is 5. The fourth-order valence-corrected chi connectivity index (χ4v) is 3.20. The highest BCUT2D eigenvalue weighted by Crippen LogP contribution is 2.33. The van der Waals surface area contributed by atoms with Crippen LogP contribution in [0.5, 0.6) is 17.2 Å². The van der Waals surface area contributed by atoms with Crippen molar-refractivity contribution >= 4 is 5.91 Å². The first-order chi connectivity index (χ1) is 14.8. The summed E-state index contributed by atoms with van der Waals surface area (Å²) in [7, 11) is 0. The van der Waals surface area contributed by atoms with Crippen LogP contribution in [0.3, 0.4) is 0 Å². The molecule has 4 nitrogen and oxygen atoms in total. The van der Waals surface area contributed by atoms with Crippen LogP contribution in [0.4, 0.5) is 22.0 Å². The lowest BCUT2D eigenvalue weighted by atomic mass is 10.1. The van der Waals surface area contributed by atoms with Crippen LogP contribution >= 0.6 is 0 Å². The van der Waals surface area contributed by atoms with Crippen LogP contribution in [0.2, 0.25) is 0 Å². The van der Waals surface area contributed by atoms with E-state index in [1.54, 1.807) is 30.3 Å². The third-order valence-electron chi connectivity index (χ3n) is 4.68. The Kier molecular flexibility index (Phi) is 5.50. The summed E-state index contributed by atoms with van der Waals surface area (Å²) in [6.07, 6.45) is -0.245. The standard InChI is InChI=1S/C22H14F5NO3/c23-17-16(18(24)20(26)21(27)19(17)25)22(29)28-10-14-9-11-8-13(6-7-15(11)31-14)30-12-4-2-1-3-5-12/h1-8,14H,9-10H2,(H,28,29)/t14-/m1/s1. The number of para-hydroxylation sites is 1. The number of hydrogen-bond acceptors (Lipinski definition) is 3. The van der Waals surface area contributed by atoms with Gasteiger partial charge < -0.3 is 14.8 Å². The van der Waals surface area contributed by atoms with Gasteiger partial charge in [0.1, 0.15) is 28.9 Å². The molecule has 0 radical (unpaired) electrons. The van der Waals surface area contributed by atoms with Gasteiger partial charge in [0, 0.05) is 12.0 Å². The fourth-order valence-electron chi connectivity index (χ4n) is 3.20. The van der Waals surface area contributed by atoms with Crippen LogP contribution in [0, 0.1) is 29.1 Å². The molecule has 1 amide bonds. The molecule has 0 aromatic heterocycles. The third-order valence-corrected chi connectivity index (χ3v) is 4.68. The van der Waals surface area contributed by atoms with Gasteiger partial charge in [-0.15, -0.1) is 0 Å². The Morgan fingerprint density at radius 3 is 2.23 bits per heavy atom. The van der Waals surface area contributed by atoms with E-state index >= 15 is 0 Å². The lowest BCUT2D eigenvalue weighted by Gasteiger charge is -2.13. The minimum Gasteiger partial charge on any atom is -0.488 e. The number of halogens is 5. The van der Waals surface area contributed by atoms with Crippen LogP contribution in [-0.4, -0.2) is 18.6 Å². The van der Waals surface area contributed by atoms with Crippen molar-refractivity contribution in [1.29, 1.82) is 0 Å². The summed E-state index contributed by atoms with van der Waals surface area (Å²) >= 11 is 0. The maximum absolute atomic E-state index is 13.8. The van der Waals surface area contributed by atoms with E-state index in [4.69, 9.17) is 9.47 Å². The Hall–Kier alpha value is -3.62. The second-order valence-electron chi connectivity index (χ2n) is 6.78. The molecule has 1 aliphatic heterocycles. The molecule has 4 rings (SSSR count). The van der Waals surface area contributed by atoms with Gasteiger partial charge in [0.2, 0.25) is 5.82 Å². The number of ether oxygens (including phenoxy) is 2. The Labute approximate surface area is 173 Å². The maximum Gasteiger partial charge on any atom is 0.257 e. The first-order valence-corrected chi connectivity index (χ1v) is 9.17. The number of benzene rings is 3. The molecule has 1 atom stereocenters. The summed E-state index contributed by atoms with van der Waals surface area (Å²) < 4.78 is 78.7. The summed E-state index contributed by atoms with van der Waals surface area (Å²) in [6, 6.07) is 14.2. The van der Waals surface area contributed by atoms with Gasteiger partial charge in [-0.2, -0.15) is 0 Å². The fraction of sp³-hybridized carbons (Fsp3) is 0.136. The normalized spacial score (nSPS) is 14.7. The molecule has 160 valence electrons. The number of nitrogens with one attached hydrogen (secondary N) is 1. The zero-order chi connectivity index (χ0) is 22.1. The largest absolute Gasteiger partial charge is 0.488 e. The average Bonchev–Trinajstić information content (AvgIpc) is 3.18. The molecular weight excluding hydrogens is 421 g/mol. The second-order valence-corrected chi connectivity index (χ2v) is 6.78. The van der Waals surface area contributed by atoms with E-state index in [9.17, 15) is 26.7 Å². The van der Waals surface area contributed by atoms with Gasteiger partial charge in [0.05, 0.1) is 6.54 Å². The van der Waals surface area contributed by atoms with Gasteiger partial charge in [-0.25, -0.2) is 22.0 Å².